The van der Waals surface area contributed by atoms with Crippen LogP contribution in [-0.4, -0.2) is 40.9 Å². The van der Waals surface area contributed by atoms with E-state index in [1.165, 1.54) is 5.56 Å². The highest BCUT2D eigenvalue weighted by Crippen LogP contribution is 2.08. The Labute approximate surface area is 187 Å². The van der Waals surface area contributed by atoms with Crippen molar-refractivity contribution in [2.75, 3.05) is 20.1 Å². The van der Waals surface area contributed by atoms with E-state index in [-0.39, 0.29) is 24.0 Å². The minimum absolute atomic E-state index is 0. The van der Waals surface area contributed by atoms with Gasteiger partial charge in [0.25, 0.3) is 0 Å². The highest BCUT2D eigenvalue weighted by molar-refractivity contribution is 14.0. The van der Waals surface area contributed by atoms with Crippen LogP contribution in [0.1, 0.15) is 11.1 Å². The van der Waals surface area contributed by atoms with Gasteiger partial charge in [-0.05, 0) is 42.2 Å². The average Bonchev–Trinajstić information content (AvgIpc) is 3.18. The van der Waals surface area contributed by atoms with Crippen molar-refractivity contribution >= 4 is 41.5 Å². The average molecular weight is 511 g/mol. The summed E-state index contributed by atoms with van der Waals surface area (Å²) in [7, 11) is 1.77. The van der Waals surface area contributed by atoms with Crippen LogP contribution in [0, 0.1) is 0 Å². The maximum Gasteiger partial charge on any atom is 0.190 e. The lowest BCUT2D eigenvalue weighted by Gasteiger charge is -2.11. The number of hydrogen-bond acceptors (Lipinski definition) is 3. The summed E-state index contributed by atoms with van der Waals surface area (Å²) in [5.41, 5.74) is 3.37. The van der Waals surface area contributed by atoms with Crippen LogP contribution in [0.5, 0.6) is 0 Å². The fourth-order valence-electron chi connectivity index (χ4n) is 2.64. The molecule has 2 N–H and O–H groups in total. The molecule has 2 heterocycles. The maximum absolute atomic E-state index is 5.80. The van der Waals surface area contributed by atoms with E-state index in [1.807, 2.05) is 47.3 Å². The SMILES string of the molecule is CN=C(NCCc1ccc(Cl)nc1)NCCc1cnn(-c2ccccc2)c1.I. The number of halogens is 2. The van der Waals surface area contributed by atoms with Crippen LogP contribution < -0.4 is 10.6 Å². The molecule has 0 fully saturated rings. The van der Waals surface area contributed by atoms with Crippen molar-refractivity contribution in [2.24, 2.45) is 4.99 Å². The zero-order chi connectivity index (χ0) is 18.9. The number of pyridine rings is 1. The number of guanidine groups is 1. The Morgan fingerprint density at radius 3 is 2.36 bits per heavy atom. The van der Waals surface area contributed by atoms with Crippen LogP contribution in [0.15, 0.2) is 66.0 Å². The monoisotopic (exact) mass is 510 g/mol. The number of rotatable bonds is 7. The molecule has 6 nitrogen and oxygen atoms in total. The number of aromatic nitrogens is 3. The molecular formula is C20H24ClIN6. The van der Waals surface area contributed by atoms with Crippen LogP contribution in [0.25, 0.3) is 5.69 Å². The Kier molecular flexibility index (Phi) is 9.22. The summed E-state index contributed by atoms with van der Waals surface area (Å²) in [6.07, 6.45) is 7.48. The minimum atomic E-state index is 0. The van der Waals surface area contributed by atoms with Crippen molar-refractivity contribution in [1.82, 2.24) is 25.4 Å². The third-order valence-corrected chi connectivity index (χ3v) is 4.30. The highest BCUT2D eigenvalue weighted by atomic mass is 127. The van der Waals surface area contributed by atoms with Crippen LogP contribution >= 0.6 is 35.6 Å². The van der Waals surface area contributed by atoms with Gasteiger partial charge in [0, 0.05) is 32.5 Å². The van der Waals surface area contributed by atoms with E-state index in [9.17, 15) is 0 Å². The molecule has 0 saturated carbocycles. The van der Waals surface area contributed by atoms with E-state index in [4.69, 9.17) is 11.6 Å². The fourth-order valence-corrected chi connectivity index (χ4v) is 2.75. The molecule has 1 aromatic carbocycles. The first-order chi connectivity index (χ1) is 13.2. The molecule has 0 radical (unpaired) electrons. The highest BCUT2D eigenvalue weighted by Gasteiger charge is 2.02. The first kappa shape index (κ1) is 22.2. The van der Waals surface area contributed by atoms with Crippen LogP contribution in [0.3, 0.4) is 0 Å². The molecule has 2 aromatic heterocycles. The Hall–Kier alpha value is -2.13. The van der Waals surface area contributed by atoms with Crippen molar-refractivity contribution < 1.29 is 0 Å². The Morgan fingerprint density at radius 1 is 1.00 bits per heavy atom. The minimum Gasteiger partial charge on any atom is -0.356 e. The third-order valence-electron chi connectivity index (χ3n) is 4.08. The second-order valence-electron chi connectivity index (χ2n) is 6.04. The molecule has 0 spiro atoms. The standard InChI is InChI=1S/C20H23ClN6.HI/c1-22-20(23-11-9-16-7-8-19(21)25-13-16)24-12-10-17-14-26-27(15-17)18-5-3-2-4-6-18;/h2-8,13-15H,9-12H2,1H3,(H2,22,23,24);1H. The smallest absolute Gasteiger partial charge is 0.190 e. The summed E-state index contributed by atoms with van der Waals surface area (Å²) in [5, 5.41) is 11.6. The first-order valence-corrected chi connectivity index (χ1v) is 9.26. The summed E-state index contributed by atoms with van der Waals surface area (Å²) < 4.78 is 1.89. The predicted molar refractivity (Wildman–Crippen MR) is 125 cm³/mol. The van der Waals surface area contributed by atoms with Crippen LogP contribution in [0.4, 0.5) is 0 Å². The van der Waals surface area contributed by atoms with E-state index < -0.39 is 0 Å². The number of nitrogens with zero attached hydrogens (tertiary/aromatic N) is 4. The Bertz CT molecular complexity index is 864. The van der Waals surface area contributed by atoms with Crippen molar-refractivity contribution in [2.45, 2.75) is 12.8 Å². The molecule has 0 aliphatic heterocycles. The normalized spacial score (nSPS) is 11.0. The second kappa shape index (κ2) is 11.7. The molecule has 3 aromatic rings. The van der Waals surface area contributed by atoms with Crippen molar-refractivity contribution in [3.05, 3.63) is 77.3 Å². The fraction of sp³-hybridized carbons (Fsp3) is 0.250. The summed E-state index contributed by atoms with van der Waals surface area (Å²) in [6, 6.07) is 13.9. The Morgan fingerprint density at radius 2 is 1.71 bits per heavy atom. The number of benzene rings is 1. The van der Waals surface area contributed by atoms with Gasteiger partial charge in [-0.3, -0.25) is 4.99 Å². The summed E-state index contributed by atoms with van der Waals surface area (Å²) in [6.45, 7) is 1.55. The van der Waals surface area contributed by atoms with E-state index >= 15 is 0 Å². The summed E-state index contributed by atoms with van der Waals surface area (Å²) in [5.74, 6) is 0.785. The largest absolute Gasteiger partial charge is 0.356 e. The van der Waals surface area contributed by atoms with Gasteiger partial charge in [-0.2, -0.15) is 5.10 Å². The van der Waals surface area contributed by atoms with E-state index in [1.54, 1.807) is 19.3 Å². The molecule has 0 aliphatic rings. The quantitative estimate of drug-likeness (QED) is 0.221. The molecule has 0 saturated heterocycles. The molecular weight excluding hydrogens is 487 g/mol. The molecule has 148 valence electrons. The number of hydrogen-bond donors (Lipinski definition) is 2. The molecule has 8 heteroatoms. The van der Waals surface area contributed by atoms with Gasteiger partial charge in [0.15, 0.2) is 5.96 Å². The predicted octanol–water partition coefficient (Wildman–Crippen LogP) is 3.49. The van der Waals surface area contributed by atoms with Gasteiger partial charge >= 0.3 is 0 Å². The number of para-hydroxylation sites is 1. The molecule has 0 atom stereocenters. The van der Waals surface area contributed by atoms with Crippen molar-refractivity contribution in [3.8, 4) is 5.69 Å². The van der Waals surface area contributed by atoms with Crippen LogP contribution in [0.2, 0.25) is 5.15 Å². The first-order valence-electron chi connectivity index (χ1n) is 8.88. The van der Waals surface area contributed by atoms with Gasteiger partial charge in [-0.25, -0.2) is 9.67 Å². The summed E-state index contributed by atoms with van der Waals surface area (Å²) >= 11 is 5.80. The topological polar surface area (TPSA) is 67.1 Å². The lowest BCUT2D eigenvalue weighted by molar-refractivity contribution is 0.783. The van der Waals surface area contributed by atoms with E-state index in [0.29, 0.717) is 5.15 Å². The molecule has 0 unspecified atom stereocenters. The third kappa shape index (κ3) is 6.79. The van der Waals surface area contributed by atoms with Crippen molar-refractivity contribution in [3.63, 3.8) is 0 Å². The zero-order valence-electron chi connectivity index (χ0n) is 15.7. The van der Waals surface area contributed by atoms with Gasteiger partial charge < -0.3 is 10.6 Å². The lowest BCUT2D eigenvalue weighted by atomic mass is 10.2. The van der Waals surface area contributed by atoms with Gasteiger partial charge in [0.2, 0.25) is 0 Å². The van der Waals surface area contributed by atoms with Crippen molar-refractivity contribution in [1.29, 1.82) is 0 Å². The van der Waals surface area contributed by atoms with Gasteiger partial charge in [0.05, 0.1) is 11.9 Å². The van der Waals surface area contributed by atoms with Crippen LogP contribution in [-0.2, 0) is 12.8 Å². The molecule has 0 bridgehead atoms. The van der Waals surface area contributed by atoms with Gasteiger partial charge in [0.1, 0.15) is 5.15 Å². The number of nitrogens with one attached hydrogen (secondary N) is 2. The van der Waals surface area contributed by atoms with E-state index in [0.717, 1.165) is 43.1 Å². The zero-order valence-corrected chi connectivity index (χ0v) is 18.8. The number of aliphatic imine (C=N–C) groups is 1. The van der Waals surface area contributed by atoms with E-state index in [2.05, 4.69) is 31.9 Å². The molecule has 28 heavy (non-hydrogen) atoms. The van der Waals surface area contributed by atoms with Gasteiger partial charge in [-0.15, -0.1) is 24.0 Å². The molecule has 0 aliphatic carbocycles. The van der Waals surface area contributed by atoms with Gasteiger partial charge in [-0.1, -0.05) is 35.9 Å². The Balaban J connectivity index is 0.00000280. The summed E-state index contributed by atoms with van der Waals surface area (Å²) in [4.78, 5) is 8.34. The molecule has 0 amide bonds. The second-order valence-corrected chi connectivity index (χ2v) is 6.43. The lowest BCUT2D eigenvalue weighted by Crippen LogP contribution is -2.39. The maximum atomic E-state index is 5.80. The molecule has 3 rings (SSSR count).